The Bertz CT molecular complexity index is 399. The molecule has 0 saturated heterocycles. The van der Waals surface area contributed by atoms with Gasteiger partial charge >= 0.3 is 5.97 Å². The van der Waals surface area contributed by atoms with E-state index in [1.165, 1.54) is 11.3 Å². The lowest BCUT2D eigenvalue weighted by atomic mass is 10.2. The minimum Gasteiger partial charge on any atom is -0.456 e. The summed E-state index contributed by atoms with van der Waals surface area (Å²) >= 11 is 1.19. The summed E-state index contributed by atoms with van der Waals surface area (Å²) in [7, 11) is 0. The normalized spacial score (nSPS) is 11.2. The molecule has 0 aliphatic heterocycles. The van der Waals surface area contributed by atoms with Gasteiger partial charge in [0.1, 0.15) is 10.5 Å². The first-order chi connectivity index (χ1) is 7.33. The van der Waals surface area contributed by atoms with Crippen molar-refractivity contribution in [2.24, 2.45) is 0 Å². The summed E-state index contributed by atoms with van der Waals surface area (Å²) in [4.78, 5) is 24.1. The van der Waals surface area contributed by atoms with Crippen LogP contribution in [0.15, 0.2) is 12.1 Å². The smallest absolute Gasteiger partial charge is 0.348 e. The van der Waals surface area contributed by atoms with E-state index in [2.05, 4.69) is 0 Å². The number of hydrogen-bond acceptors (Lipinski definition) is 4. The Kier molecular flexibility index (Phi) is 3.86. The third-order valence-electron chi connectivity index (χ3n) is 1.80. The van der Waals surface area contributed by atoms with Crippen LogP contribution in [-0.2, 0) is 4.74 Å². The SMILES string of the molecule is CCC(=O)c1ccc(C(=O)OC(C)(C)C)s1. The largest absolute Gasteiger partial charge is 0.456 e. The van der Waals surface area contributed by atoms with Gasteiger partial charge in [-0.05, 0) is 32.9 Å². The highest BCUT2D eigenvalue weighted by molar-refractivity contribution is 7.15. The van der Waals surface area contributed by atoms with Gasteiger partial charge in [0.15, 0.2) is 5.78 Å². The van der Waals surface area contributed by atoms with Crippen molar-refractivity contribution in [3.8, 4) is 0 Å². The van der Waals surface area contributed by atoms with E-state index in [1.54, 1.807) is 19.1 Å². The molecular weight excluding hydrogens is 224 g/mol. The molecule has 0 N–H and O–H groups in total. The van der Waals surface area contributed by atoms with Gasteiger partial charge in [-0.2, -0.15) is 0 Å². The second kappa shape index (κ2) is 4.78. The average Bonchev–Trinajstić information content (AvgIpc) is 2.62. The first-order valence-corrected chi connectivity index (χ1v) is 6.01. The number of carbonyl (C=O) groups is 2. The maximum atomic E-state index is 11.7. The highest BCUT2D eigenvalue weighted by atomic mass is 32.1. The molecule has 1 aromatic heterocycles. The van der Waals surface area contributed by atoms with Gasteiger partial charge in [-0.3, -0.25) is 4.79 Å². The lowest BCUT2D eigenvalue weighted by Crippen LogP contribution is -2.23. The molecule has 0 saturated carbocycles. The summed E-state index contributed by atoms with van der Waals surface area (Å²) < 4.78 is 5.21. The van der Waals surface area contributed by atoms with Gasteiger partial charge in [0.25, 0.3) is 0 Å². The van der Waals surface area contributed by atoms with Crippen LogP contribution in [0.25, 0.3) is 0 Å². The van der Waals surface area contributed by atoms with Gasteiger partial charge < -0.3 is 4.74 Å². The van der Waals surface area contributed by atoms with Gasteiger partial charge in [0.2, 0.25) is 0 Å². The molecule has 0 amide bonds. The van der Waals surface area contributed by atoms with Gasteiger partial charge in [0, 0.05) is 6.42 Å². The fourth-order valence-electron chi connectivity index (χ4n) is 1.10. The standard InChI is InChI=1S/C12H16O3S/c1-5-8(13)9-6-7-10(16-9)11(14)15-12(2,3)4/h6-7H,5H2,1-4H3. The third-order valence-corrected chi connectivity index (χ3v) is 2.91. The van der Waals surface area contributed by atoms with Crippen molar-refractivity contribution in [2.45, 2.75) is 39.7 Å². The molecule has 0 spiro atoms. The van der Waals surface area contributed by atoms with Crippen LogP contribution in [0.5, 0.6) is 0 Å². The zero-order valence-corrected chi connectivity index (χ0v) is 10.8. The van der Waals surface area contributed by atoms with Crippen LogP contribution in [0.1, 0.15) is 53.5 Å². The van der Waals surface area contributed by atoms with Crippen LogP contribution in [0.2, 0.25) is 0 Å². The summed E-state index contributed by atoms with van der Waals surface area (Å²) in [6.45, 7) is 7.25. The van der Waals surface area contributed by atoms with Crippen molar-refractivity contribution >= 4 is 23.1 Å². The van der Waals surface area contributed by atoms with Gasteiger partial charge in [-0.1, -0.05) is 6.92 Å². The van der Waals surface area contributed by atoms with Crippen LogP contribution in [0, 0.1) is 0 Å². The average molecular weight is 240 g/mol. The van der Waals surface area contributed by atoms with E-state index >= 15 is 0 Å². The fraction of sp³-hybridized carbons (Fsp3) is 0.500. The zero-order chi connectivity index (χ0) is 12.3. The monoisotopic (exact) mass is 240 g/mol. The molecule has 1 rings (SSSR count). The van der Waals surface area contributed by atoms with E-state index in [-0.39, 0.29) is 11.8 Å². The Morgan fingerprint density at radius 1 is 1.25 bits per heavy atom. The summed E-state index contributed by atoms with van der Waals surface area (Å²) in [5.41, 5.74) is -0.504. The predicted molar refractivity (Wildman–Crippen MR) is 64.1 cm³/mol. The molecule has 0 bridgehead atoms. The zero-order valence-electron chi connectivity index (χ0n) is 9.99. The summed E-state index contributed by atoms with van der Waals surface area (Å²) in [5, 5.41) is 0. The Labute approximate surface area is 99.4 Å². The first kappa shape index (κ1) is 12.9. The van der Waals surface area contributed by atoms with Crippen LogP contribution >= 0.6 is 11.3 Å². The number of thiophene rings is 1. The molecule has 0 aliphatic rings. The van der Waals surface area contributed by atoms with Crippen molar-refractivity contribution < 1.29 is 14.3 Å². The second-order valence-corrected chi connectivity index (χ2v) is 5.53. The van der Waals surface area contributed by atoms with Crippen molar-refractivity contribution in [2.75, 3.05) is 0 Å². The molecule has 88 valence electrons. The molecule has 1 heterocycles. The molecule has 1 aromatic rings. The summed E-state index contributed by atoms with van der Waals surface area (Å²) in [6, 6.07) is 3.32. The summed E-state index contributed by atoms with van der Waals surface area (Å²) in [5.74, 6) is -0.313. The molecule has 4 heteroatoms. The van der Waals surface area contributed by atoms with Crippen molar-refractivity contribution in [1.82, 2.24) is 0 Å². The molecular formula is C12H16O3S. The number of rotatable bonds is 3. The minimum atomic E-state index is -0.504. The highest BCUT2D eigenvalue weighted by Crippen LogP contribution is 2.21. The molecule has 0 aliphatic carbocycles. The number of esters is 1. The van der Waals surface area contributed by atoms with Crippen molar-refractivity contribution in [1.29, 1.82) is 0 Å². The summed E-state index contributed by atoms with van der Waals surface area (Å²) in [6.07, 6.45) is 0.453. The highest BCUT2D eigenvalue weighted by Gasteiger charge is 2.20. The Balaban J connectivity index is 2.78. The van der Waals surface area contributed by atoms with Gasteiger partial charge in [0.05, 0.1) is 4.88 Å². The fourth-order valence-corrected chi connectivity index (χ4v) is 1.99. The quantitative estimate of drug-likeness (QED) is 0.601. The Morgan fingerprint density at radius 2 is 1.81 bits per heavy atom. The van der Waals surface area contributed by atoms with Gasteiger partial charge in [-0.25, -0.2) is 4.79 Å². The minimum absolute atomic E-state index is 0.0554. The second-order valence-electron chi connectivity index (χ2n) is 4.44. The van der Waals surface area contributed by atoms with E-state index in [4.69, 9.17) is 4.74 Å². The van der Waals surface area contributed by atoms with Crippen LogP contribution in [0.4, 0.5) is 0 Å². The van der Waals surface area contributed by atoms with Crippen LogP contribution < -0.4 is 0 Å². The topological polar surface area (TPSA) is 43.4 Å². The molecule has 0 unspecified atom stereocenters. The predicted octanol–water partition coefficient (Wildman–Crippen LogP) is 3.30. The van der Waals surface area contributed by atoms with E-state index in [1.807, 2.05) is 20.8 Å². The molecule has 0 fully saturated rings. The van der Waals surface area contributed by atoms with Crippen molar-refractivity contribution in [3.63, 3.8) is 0 Å². The lowest BCUT2D eigenvalue weighted by molar-refractivity contribution is 0.00752. The Hall–Kier alpha value is -1.16. The molecule has 0 radical (unpaired) electrons. The van der Waals surface area contributed by atoms with Crippen molar-refractivity contribution in [3.05, 3.63) is 21.9 Å². The first-order valence-electron chi connectivity index (χ1n) is 5.20. The van der Waals surface area contributed by atoms with Gasteiger partial charge in [-0.15, -0.1) is 11.3 Å². The number of Topliss-reactive ketones (excluding diaryl/α,β-unsaturated/α-hetero) is 1. The molecule has 16 heavy (non-hydrogen) atoms. The van der Waals surface area contributed by atoms with E-state index in [0.29, 0.717) is 16.2 Å². The van der Waals surface area contributed by atoms with E-state index in [0.717, 1.165) is 0 Å². The van der Waals surface area contributed by atoms with E-state index < -0.39 is 5.60 Å². The maximum Gasteiger partial charge on any atom is 0.348 e. The third kappa shape index (κ3) is 3.45. The van der Waals surface area contributed by atoms with Crippen LogP contribution in [0.3, 0.4) is 0 Å². The number of carbonyl (C=O) groups excluding carboxylic acids is 2. The number of hydrogen-bond donors (Lipinski definition) is 0. The lowest BCUT2D eigenvalue weighted by Gasteiger charge is -2.18. The Morgan fingerprint density at radius 3 is 2.31 bits per heavy atom. The number of ether oxygens (including phenoxy) is 1. The molecule has 3 nitrogen and oxygen atoms in total. The van der Waals surface area contributed by atoms with Crippen LogP contribution in [-0.4, -0.2) is 17.4 Å². The molecule has 0 aromatic carbocycles. The van der Waals surface area contributed by atoms with E-state index in [9.17, 15) is 9.59 Å². The number of ketones is 1. The maximum absolute atomic E-state index is 11.7. The molecule has 0 atom stereocenters.